The van der Waals surface area contributed by atoms with Crippen LogP contribution in [0.25, 0.3) is 0 Å². The van der Waals surface area contributed by atoms with Gasteiger partial charge in [-0.05, 0) is 39.0 Å². The van der Waals surface area contributed by atoms with E-state index < -0.39 is 5.54 Å². The van der Waals surface area contributed by atoms with Gasteiger partial charge in [-0.3, -0.25) is 10.1 Å². The summed E-state index contributed by atoms with van der Waals surface area (Å²) in [6.07, 6.45) is 9.64. The number of hydrogen-bond acceptors (Lipinski definition) is 3. The first-order valence-corrected chi connectivity index (χ1v) is 8.68. The van der Waals surface area contributed by atoms with E-state index in [0.717, 1.165) is 25.9 Å². The smallest absolute Gasteiger partial charge is 0.240 e. The molecule has 21 heavy (non-hydrogen) atoms. The van der Waals surface area contributed by atoms with Crippen molar-refractivity contribution in [2.75, 3.05) is 13.2 Å². The van der Waals surface area contributed by atoms with Crippen LogP contribution in [-0.2, 0) is 9.53 Å². The van der Waals surface area contributed by atoms with Crippen LogP contribution in [-0.4, -0.2) is 30.7 Å². The second-order valence-corrected chi connectivity index (χ2v) is 6.73. The minimum atomic E-state index is -0.656. The molecule has 4 heteroatoms. The molecule has 3 N–H and O–H groups in total. The summed E-state index contributed by atoms with van der Waals surface area (Å²) in [5.74, 6) is 0.0867. The molecule has 0 heterocycles. The number of carbonyl (C=O) groups is 1. The summed E-state index contributed by atoms with van der Waals surface area (Å²) in [4.78, 5) is 12.0. The van der Waals surface area contributed by atoms with Gasteiger partial charge in [0, 0.05) is 12.6 Å². The maximum atomic E-state index is 12.0. The summed E-state index contributed by atoms with van der Waals surface area (Å²) < 4.78 is 5.81. The van der Waals surface area contributed by atoms with Crippen molar-refractivity contribution in [2.45, 2.75) is 83.7 Å². The summed E-state index contributed by atoms with van der Waals surface area (Å²) in [6.45, 7) is 7.47. The lowest BCUT2D eigenvalue weighted by Gasteiger charge is -2.33. The van der Waals surface area contributed by atoms with Crippen LogP contribution in [0.2, 0.25) is 0 Å². The van der Waals surface area contributed by atoms with Crippen molar-refractivity contribution in [2.24, 2.45) is 11.7 Å². The van der Waals surface area contributed by atoms with Crippen LogP contribution in [0.4, 0.5) is 0 Å². The van der Waals surface area contributed by atoms with Gasteiger partial charge in [-0.2, -0.15) is 0 Å². The van der Waals surface area contributed by atoms with Crippen molar-refractivity contribution in [3.8, 4) is 0 Å². The molecular formula is C17H34N2O2. The van der Waals surface area contributed by atoms with Crippen molar-refractivity contribution in [1.29, 1.82) is 0 Å². The molecule has 4 nitrogen and oxygen atoms in total. The standard InChI is InChI=1S/C17H34N2O2/c1-4-5-6-7-8-9-12-21-13-17(16(18)20,15-10-11-15)19-14(2)3/h14-15,19H,4-13H2,1-3H3,(H2,18,20). The highest BCUT2D eigenvalue weighted by Crippen LogP contribution is 2.40. The van der Waals surface area contributed by atoms with E-state index in [1.807, 2.05) is 13.8 Å². The Hall–Kier alpha value is -0.610. The molecule has 1 fully saturated rings. The number of carbonyl (C=O) groups excluding carboxylic acids is 1. The maximum Gasteiger partial charge on any atom is 0.240 e. The lowest BCUT2D eigenvalue weighted by molar-refractivity contribution is -0.128. The van der Waals surface area contributed by atoms with Crippen LogP contribution in [0.3, 0.4) is 0 Å². The molecule has 0 saturated heterocycles. The predicted molar refractivity (Wildman–Crippen MR) is 87.1 cm³/mol. The van der Waals surface area contributed by atoms with Gasteiger partial charge in [-0.15, -0.1) is 0 Å². The Morgan fingerprint density at radius 1 is 1.24 bits per heavy atom. The van der Waals surface area contributed by atoms with E-state index in [0.29, 0.717) is 12.5 Å². The van der Waals surface area contributed by atoms with Gasteiger partial charge in [0.05, 0.1) is 6.61 Å². The average molecular weight is 298 g/mol. The quantitative estimate of drug-likeness (QED) is 0.514. The van der Waals surface area contributed by atoms with Crippen LogP contribution >= 0.6 is 0 Å². The fourth-order valence-electron chi connectivity index (χ4n) is 2.93. The maximum absolute atomic E-state index is 12.0. The molecule has 0 aromatic rings. The lowest BCUT2D eigenvalue weighted by Crippen LogP contribution is -2.62. The number of rotatable bonds is 13. The summed E-state index contributed by atoms with van der Waals surface area (Å²) in [6, 6.07) is 0.232. The summed E-state index contributed by atoms with van der Waals surface area (Å²) in [5, 5.41) is 3.37. The van der Waals surface area contributed by atoms with E-state index in [9.17, 15) is 4.79 Å². The molecule has 1 unspecified atom stereocenters. The van der Waals surface area contributed by atoms with Crippen LogP contribution < -0.4 is 11.1 Å². The molecule has 1 aliphatic carbocycles. The lowest BCUT2D eigenvalue weighted by atomic mass is 9.92. The van der Waals surface area contributed by atoms with E-state index >= 15 is 0 Å². The minimum Gasteiger partial charge on any atom is -0.379 e. The Kier molecular flexibility index (Phi) is 8.27. The zero-order valence-electron chi connectivity index (χ0n) is 14.1. The number of primary amides is 1. The molecular weight excluding hydrogens is 264 g/mol. The van der Waals surface area contributed by atoms with Gasteiger partial charge in [0.2, 0.25) is 5.91 Å². The van der Waals surface area contributed by atoms with Crippen LogP contribution in [0.15, 0.2) is 0 Å². The number of ether oxygens (including phenoxy) is 1. The molecule has 0 bridgehead atoms. The molecule has 1 amide bonds. The summed E-state index contributed by atoms with van der Waals surface area (Å²) >= 11 is 0. The number of amides is 1. The zero-order chi connectivity index (χ0) is 15.7. The van der Waals surface area contributed by atoms with Gasteiger partial charge in [-0.1, -0.05) is 39.0 Å². The third kappa shape index (κ3) is 6.35. The van der Waals surface area contributed by atoms with Gasteiger partial charge >= 0.3 is 0 Å². The molecule has 0 aromatic carbocycles. The molecule has 1 aliphatic rings. The first kappa shape index (κ1) is 18.4. The predicted octanol–water partition coefficient (Wildman–Crippen LogP) is 3.00. The van der Waals surface area contributed by atoms with Crippen LogP contribution in [0.5, 0.6) is 0 Å². The van der Waals surface area contributed by atoms with Gasteiger partial charge < -0.3 is 10.5 Å². The van der Waals surface area contributed by atoms with Crippen molar-refractivity contribution >= 4 is 5.91 Å². The highest BCUT2D eigenvalue weighted by atomic mass is 16.5. The van der Waals surface area contributed by atoms with Crippen molar-refractivity contribution in [1.82, 2.24) is 5.32 Å². The monoisotopic (exact) mass is 298 g/mol. The van der Waals surface area contributed by atoms with Crippen LogP contribution in [0.1, 0.15) is 72.1 Å². The number of unbranched alkanes of at least 4 members (excludes halogenated alkanes) is 5. The Bertz CT molecular complexity index is 303. The molecule has 1 atom stereocenters. The molecule has 0 spiro atoms. The topological polar surface area (TPSA) is 64.3 Å². The molecule has 0 radical (unpaired) electrons. The molecule has 1 saturated carbocycles. The second kappa shape index (κ2) is 9.42. The second-order valence-electron chi connectivity index (χ2n) is 6.73. The molecule has 1 rings (SSSR count). The van der Waals surface area contributed by atoms with Crippen molar-refractivity contribution < 1.29 is 9.53 Å². The van der Waals surface area contributed by atoms with Crippen LogP contribution in [0, 0.1) is 5.92 Å². The highest BCUT2D eigenvalue weighted by Gasteiger charge is 2.50. The third-order valence-corrected chi connectivity index (χ3v) is 4.23. The van der Waals surface area contributed by atoms with Crippen molar-refractivity contribution in [3.63, 3.8) is 0 Å². The first-order chi connectivity index (χ1) is 10.0. The highest BCUT2D eigenvalue weighted by molar-refractivity contribution is 5.85. The van der Waals surface area contributed by atoms with Gasteiger partial charge in [0.15, 0.2) is 0 Å². The number of nitrogens with one attached hydrogen (secondary N) is 1. The SMILES string of the molecule is CCCCCCCCOCC(NC(C)C)(C(N)=O)C1CC1. The van der Waals surface area contributed by atoms with E-state index in [4.69, 9.17) is 10.5 Å². The number of hydrogen-bond donors (Lipinski definition) is 2. The Labute approximate surface area is 130 Å². The Morgan fingerprint density at radius 3 is 2.38 bits per heavy atom. The minimum absolute atomic E-state index is 0.232. The normalized spacial score (nSPS) is 17.9. The van der Waals surface area contributed by atoms with Gasteiger partial charge in [0.1, 0.15) is 5.54 Å². The Morgan fingerprint density at radius 2 is 1.86 bits per heavy atom. The fraction of sp³-hybridized carbons (Fsp3) is 0.941. The Balaban J connectivity index is 2.28. The summed E-state index contributed by atoms with van der Waals surface area (Å²) in [5.41, 5.74) is 5.02. The first-order valence-electron chi connectivity index (χ1n) is 8.68. The van der Waals surface area contributed by atoms with Crippen molar-refractivity contribution in [3.05, 3.63) is 0 Å². The molecule has 0 aromatic heterocycles. The van der Waals surface area contributed by atoms with E-state index in [2.05, 4.69) is 12.2 Å². The van der Waals surface area contributed by atoms with Gasteiger partial charge in [-0.25, -0.2) is 0 Å². The van der Waals surface area contributed by atoms with Gasteiger partial charge in [0.25, 0.3) is 0 Å². The molecule has 124 valence electrons. The van der Waals surface area contributed by atoms with E-state index in [1.165, 1.54) is 32.1 Å². The fourth-order valence-corrected chi connectivity index (χ4v) is 2.93. The third-order valence-electron chi connectivity index (χ3n) is 4.23. The number of nitrogens with two attached hydrogens (primary N) is 1. The largest absolute Gasteiger partial charge is 0.379 e. The van der Waals surface area contributed by atoms with E-state index in [-0.39, 0.29) is 11.9 Å². The van der Waals surface area contributed by atoms with E-state index in [1.54, 1.807) is 0 Å². The molecule has 0 aliphatic heterocycles. The average Bonchev–Trinajstić information content (AvgIpc) is 3.24. The zero-order valence-corrected chi connectivity index (χ0v) is 14.1. The summed E-state index contributed by atoms with van der Waals surface area (Å²) in [7, 11) is 0.